The van der Waals surface area contributed by atoms with Gasteiger partial charge in [-0.15, -0.1) is 0 Å². The molecule has 2 fully saturated rings. The Bertz CT molecular complexity index is 229. The highest BCUT2D eigenvalue weighted by atomic mass is 16.3. The first-order chi connectivity index (χ1) is 8.77. The summed E-state index contributed by atoms with van der Waals surface area (Å²) in [6.07, 6.45) is 9.97. The van der Waals surface area contributed by atoms with E-state index in [-0.39, 0.29) is 6.10 Å². The average Bonchev–Trinajstić information content (AvgIpc) is 2.84. The summed E-state index contributed by atoms with van der Waals surface area (Å²) in [4.78, 5) is 4.97. The normalized spacial score (nSPS) is 31.5. The second kappa shape index (κ2) is 7.46. The molecule has 0 aromatic rings. The predicted octanol–water partition coefficient (Wildman–Crippen LogP) is 2.10. The van der Waals surface area contributed by atoms with Gasteiger partial charge in [-0.05, 0) is 45.8 Å². The van der Waals surface area contributed by atoms with E-state index in [9.17, 15) is 5.11 Å². The molecule has 0 bridgehead atoms. The summed E-state index contributed by atoms with van der Waals surface area (Å²) >= 11 is 0. The molecule has 0 aromatic carbocycles. The summed E-state index contributed by atoms with van der Waals surface area (Å²) < 4.78 is 0. The number of nitrogens with zero attached hydrogens (tertiary/aromatic N) is 2. The minimum Gasteiger partial charge on any atom is -0.391 e. The zero-order valence-corrected chi connectivity index (χ0v) is 12.0. The molecular weight excluding hydrogens is 224 g/mol. The van der Waals surface area contributed by atoms with E-state index in [1.54, 1.807) is 0 Å². The monoisotopic (exact) mass is 254 g/mol. The van der Waals surface area contributed by atoms with E-state index in [4.69, 9.17) is 0 Å². The van der Waals surface area contributed by atoms with Gasteiger partial charge in [-0.2, -0.15) is 0 Å². The van der Waals surface area contributed by atoms with E-state index >= 15 is 0 Å². The summed E-state index contributed by atoms with van der Waals surface area (Å²) in [6, 6.07) is 0.396. The fourth-order valence-electron chi connectivity index (χ4n) is 3.43. The molecular formula is C15H30N2O. The van der Waals surface area contributed by atoms with E-state index < -0.39 is 0 Å². The van der Waals surface area contributed by atoms with Gasteiger partial charge in [-0.3, -0.25) is 4.90 Å². The Morgan fingerprint density at radius 2 is 1.67 bits per heavy atom. The van der Waals surface area contributed by atoms with Crippen molar-refractivity contribution < 1.29 is 5.11 Å². The molecule has 2 aliphatic rings. The maximum absolute atomic E-state index is 10.3. The second-order valence-electron chi connectivity index (χ2n) is 6.16. The lowest BCUT2D eigenvalue weighted by Crippen LogP contribution is -2.44. The number of hydrogen-bond acceptors (Lipinski definition) is 3. The third-order valence-electron chi connectivity index (χ3n) is 4.73. The number of likely N-dealkylation sites (tertiary alicyclic amines) is 1. The minimum absolute atomic E-state index is 0.103. The zero-order chi connectivity index (χ0) is 12.8. The van der Waals surface area contributed by atoms with E-state index in [1.165, 1.54) is 64.6 Å². The molecule has 1 N–H and O–H groups in total. The molecule has 3 heteroatoms. The lowest BCUT2D eigenvalue weighted by Gasteiger charge is -2.34. The fourth-order valence-corrected chi connectivity index (χ4v) is 3.43. The highest BCUT2D eigenvalue weighted by molar-refractivity contribution is 4.80. The number of hydrogen-bond donors (Lipinski definition) is 1. The lowest BCUT2D eigenvalue weighted by molar-refractivity contribution is 0.0407. The van der Waals surface area contributed by atoms with Crippen LogP contribution < -0.4 is 0 Å². The third-order valence-corrected chi connectivity index (χ3v) is 4.73. The smallest absolute Gasteiger partial charge is 0.0695 e. The van der Waals surface area contributed by atoms with Crippen molar-refractivity contribution in [3.63, 3.8) is 0 Å². The molecule has 1 aliphatic heterocycles. The first kappa shape index (κ1) is 14.3. The molecule has 0 radical (unpaired) electrons. The Kier molecular flexibility index (Phi) is 5.93. The third kappa shape index (κ3) is 4.22. The SMILES string of the molecule is CN(CCN1CCCC1)C1CCCCCCC1O. The minimum atomic E-state index is -0.103. The van der Waals surface area contributed by atoms with Crippen LogP contribution in [0.2, 0.25) is 0 Å². The van der Waals surface area contributed by atoms with Crippen molar-refractivity contribution in [3.05, 3.63) is 0 Å². The van der Waals surface area contributed by atoms with Crippen LogP contribution in [0.25, 0.3) is 0 Å². The van der Waals surface area contributed by atoms with Crippen LogP contribution in [0.5, 0.6) is 0 Å². The highest BCUT2D eigenvalue weighted by Crippen LogP contribution is 2.21. The molecule has 2 rings (SSSR count). The molecule has 0 amide bonds. The topological polar surface area (TPSA) is 26.7 Å². The van der Waals surface area contributed by atoms with Gasteiger partial charge in [0.05, 0.1) is 6.10 Å². The van der Waals surface area contributed by atoms with Gasteiger partial charge in [0.1, 0.15) is 0 Å². The van der Waals surface area contributed by atoms with Crippen molar-refractivity contribution >= 4 is 0 Å². The van der Waals surface area contributed by atoms with E-state index in [0.717, 1.165) is 13.0 Å². The standard InChI is InChI=1S/C15H30N2O/c1-16(12-13-17-10-6-7-11-17)14-8-4-2-3-5-9-15(14)18/h14-15,18H,2-13H2,1H3. The number of likely N-dealkylation sites (N-methyl/N-ethyl adjacent to an activating group) is 1. The average molecular weight is 254 g/mol. The second-order valence-corrected chi connectivity index (χ2v) is 6.16. The van der Waals surface area contributed by atoms with Gasteiger partial charge in [0, 0.05) is 19.1 Å². The summed E-state index contributed by atoms with van der Waals surface area (Å²) in [7, 11) is 2.20. The molecule has 1 saturated carbocycles. The summed E-state index contributed by atoms with van der Waals surface area (Å²) in [6.45, 7) is 4.85. The molecule has 0 aromatic heterocycles. The van der Waals surface area contributed by atoms with Crippen LogP contribution >= 0.6 is 0 Å². The van der Waals surface area contributed by atoms with Gasteiger partial charge < -0.3 is 10.0 Å². The van der Waals surface area contributed by atoms with E-state index in [0.29, 0.717) is 6.04 Å². The van der Waals surface area contributed by atoms with Gasteiger partial charge in [0.15, 0.2) is 0 Å². The van der Waals surface area contributed by atoms with E-state index in [2.05, 4.69) is 16.8 Å². The van der Waals surface area contributed by atoms with Crippen LogP contribution in [0.15, 0.2) is 0 Å². The van der Waals surface area contributed by atoms with Crippen LogP contribution in [-0.2, 0) is 0 Å². The van der Waals surface area contributed by atoms with Crippen LogP contribution in [0.3, 0.4) is 0 Å². The molecule has 1 heterocycles. The molecule has 2 atom stereocenters. The largest absolute Gasteiger partial charge is 0.391 e. The van der Waals surface area contributed by atoms with Crippen LogP contribution in [0.1, 0.15) is 51.4 Å². The molecule has 106 valence electrons. The maximum atomic E-state index is 10.3. The van der Waals surface area contributed by atoms with Gasteiger partial charge in [-0.25, -0.2) is 0 Å². The molecule has 3 nitrogen and oxygen atoms in total. The Hall–Kier alpha value is -0.120. The fraction of sp³-hybridized carbons (Fsp3) is 1.00. The highest BCUT2D eigenvalue weighted by Gasteiger charge is 2.24. The quantitative estimate of drug-likeness (QED) is 0.832. The molecule has 1 saturated heterocycles. The van der Waals surface area contributed by atoms with Crippen molar-refractivity contribution in [1.29, 1.82) is 0 Å². The van der Waals surface area contributed by atoms with Crippen molar-refractivity contribution in [2.75, 3.05) is 33.2 Å². The predicted molar refractivity (Wildman–Crippen MR) is 75.8 cm³/mol. The van der Waals surface area contributed by atoms with Crippen molar-refractivity contribution in [2.24, 2.45) is 0 Å². The molecule has 1 aliphatic carbocycles. The van der Waals surface area contributed by atoms with Crippen LogP contribution in [0.4, 0.5) is 0 Å². The Labute approximate surface area is 112 Å². The lowest BCUT2D eigenvalue weighted by atomic mass is 9.93. The van der Waals surface area contributed by atoms with Crippen LogP contribution in [0, 0.1) is 0 Å². The summed E-state index contributed by atoms with van der Waals surface area (Å²) in [5, 5.41) is 10.3. The van der Waals surface area contributed by atoms with Gasteiger partial charge in [-0.1, -0.05) is 25.7 Å². The van der Waals surface area contributed by atoms with Gasteiger partial charge in [0.2, 0.25) is 0 Å². The van der Waals surface area contributed by atoms with E-state index in [1.807, 2.05) is 0 Å². The zero-order valence-electron chi connectivity index (χ0n) is 12.0. The van der Waals surface area contributed by atoms with Crippen LogP contribution in [-0.4, -0.2) is 60.3 Å². The Balaban J connectivity index is 1.75. The maximum Gasteiger partial charge on any atom is 0.0695 e. The Morgan fingerprint density at radius 3 is 2.39 bits per heavy atom. The molecule has 0 spiro atoms. The molecule has 2 unspecified atom stereocenters. The first-order valence-electron chi connectivity index (χ1n) is 7.88. The summed E-state index contributed by atoms with van der Waals surface area (Å²) in [5.74, 6) is 0. The number of aliphatic hydroxyl groups excluding tert-OH is 1. The number of aliphatic hydroxyl groups is 1. The Morgan fingerprint density at radius 1 is 1.00 bits per heavy atom. The molecule has 18 heavy (non-hydrogen) atoms. The first-order valence-corrected chi connectivity index (χ1v) is 7.88. The van der Waals surface area contributed by atoms with Gasteiger partial charge >= 0.3 is 0 Å². The van der Waals surface area contributed by atoms with Crippen molar-refractivity contribution in [2.45, 2.75) is 63.5 Å². The number of rotatable bonds is 4. The van der Waals surface area contributed by atoms with Gasteiger partial charge in [0.25, 0.3) is 0 Å². The van der Waals surface area contributed by atoms with Crippen molar-refractivity contribution in [3.8, 4) is 0 Å². The van der Waals surface area contributed by atoms with Crippen molar-refractivity contribution in [1.82, 2.24) is 9.80 Å². The summed E-state index contributed by atoms with van der Waals surface area (Å²) in [5.41, 5.74) is 0.